The van der Waals surface area contributed by atoms with E-state index in [4.69, 9.17) is 4.74 Å². The summed E-state index contributed by atoms with van der Waals surface area (Å²) in [5, 5.41) is 5.52. The lowest BCUT2D eigenvalue weighted by Gasteiger charge is -2.22. The monoisotopic (exact) mass is 518 g/mol. The molecule has 1 aromatic carbocycles. The maximum Gasteiger partial charge on any atom is 0.433 e. The molecule has 11 heteroatoms. The molecule has 1 aliphatic heterocycles. The number of nitrogens with zero attached hydrogens (tertiary/aromatic N) is 2. The number of nitrogens with one attached hydrogen (secondary N) is 2. The zero-order chi connectivity index (χ0) is 26.7. The molecule has 4 rings (SSSR count). The number of benzene rings is 1. The molecule has 0 saturated heterocycles. The molecule has 2 unspecified atom stereocenters. The van der Waals surface area contributed by atoms with Crippen LogP contribution in [0, 0.1) is 5.82 Å². The van der Waals surface area contributed by atoms with E-state index in [1.165, 1.54) is 30.3 Å². The molecule has 2 N–H and O–H groups in total. The molecule has 0 bridgehead atoms. The average molecular weight is 519 g/mol. The Balaban J connectivity index is 1.60. The zero-order valence-electron chi connectivity index (χ0n) is 20.2. The van der Waals surface area contributed by atoms with Gasteiger partial charge >= 0.3 is 6.18 Å². The minimum absolute atomic E-state index is 0.0705. The van der Waals surface area contributed by atoms with Crippen LogP contribution in [0.5, 0.6) is 0 Å². The fourth-order valence-electron chi connectivity index (χ4n) is 4.39. The number of hydrogen-bond acceptors (Lipinski definition) is 4. The lowest BCUT2D eigenvalue weighted by Crippen LogP contribution is -2.31. The Labute approximate surface area is 210 Å². The first-order chi connectivity index (χ1) is 17.6. The summed E-state index contributed by atoms with van der Waals surface area (Å²) < 4.78 is 61.0. The lowest BCUT2D eigenvalue weighted by atomic mass is 10.0. The highest BCUT2D eigenvalue weighted by Gasteiger charge is 2.37. The molecule has 1 aliphatic rings. The first-order valence-electron chi connectivity index (χ1n) is 11.8. The van der Waals surface area contributed by atoms with E-state index in [-0.39, 0.29) is 29.8 Å². The summed E-state index contributed by atoms with van der Waals surface area (Å²) in [5.41, 5.74) is 0.336. The molecule has 0 radical (unpaired) electrons. The standard InChI is InChI=1S/C26H26F4N4O3/c1-3-20(18-5-4-10-31-23(18)26(28,29)30)33-24(35)19-13-21(34-11-12-37-14-22(19)34)25(36)32-15(2)16-6-8-17(27)9-7-16/h4-10,13,15,20H,3,11-12,14H2,1-2H3,(H,32,36)(H,33,35). The molecule has 0 saturated carbocycles. The van der Waals surface area contributed by atoms with E-state index in [0.717, 1.165) is 6.20 Å². The highest BCUT2D eigenvalue weighted by molar-refractivity contribution is 6.01. The van der Waals surface area contributed by atoms with Crippen LogP contribution in [0.15, 0.2) is 48.7 Å². The van der Waals surface area contributed by atoms with Gasteiger partial charge in [0.2, 0.25) is 0 Å². The third-order valence-corrected chi connectivity index (χ3v) is 6.30. The third kappa shape index (κ3) is 5.66. The van der Waals surface area contributed by atoms with Crippen LogP contribution < -0.4 is 10.6 Å². The number of hydrogen-bond donors (Lipinski definition) is 2. The third-order valence-electron chi connectivity index (χ3n) is 6.30. The van der Waals surface area contributed by atoms with E-state index >= 15 is 0 Å². The summed E-state index contributed by atoms with van der Waals surface area (Å²) in [4.78, 5) is 29.9. The zero-order valence-corrected chi connectivity index (χ0v) is 20.2. The molecule has 37 heavy (non-hydrogen) atoms. The van der Waals surface area contributed by atoms with Crippen LogP contribution in [0.2, 0.25) is 0 Å². The summed E-state index contributed by atoms with van der Waals surface area (Å²) >= 11 is 0. The first kappa shape index (κ1) is 26.3. The van der Waals surface area contributed by atoms with E-state index in [9.17, 15) is 27.2 Å². The van der Waals surface area contributed by atoms with E-state index < -0.39 is 41.6 Å². The second kappa shape index (κ2) is 10.7. The number of fused-ring (bicyclic) bond motifs is 1. The Hall–Kier alpha value is -3.73. The summed E-state index contributed by atoms with van der Waals surface area (Å²) in [7, 11) is 0. The van der Waals surface area contributed by atoms with Crippen molar-refractivity contribution in [3.8, 4) is 0 Å². The second-order valence-corrected chi connectivity index (χ2v) is 8.71. The van der Waals surface area contributed by atoms with Gasteiger partial charge in [-0.1, -0.05) is 25.1 Å². The van der Waals surface area contributed by atoms with Crippen molar-refractivity contribution in [3.05, 3.63) is 88.3 Å². The normalized spacial score (nSPS) is 15.0. The van der Waals surface area contributed by atoms with Crippen molar-refractivity contribution >= 4 is 11.8 Å². The molecular weight excluding hydrogens is 492 g/mol. The van der Waals surface area contributed by atoms with Gasteiger partial charge in [0.1, 0.15) is 17.2 Å². The summed E-state index contributed by atoms with van der Waals surface area (Å²) in [6, 6.07) is 8.45. The Morgan fingerprint density at radius 3 is 2.54 bits per heavy atom. The molecule has 2 atom stereocenters. The van der Waals surface area contributed by atoms with Gasteiger partial charge in [0.25, 0.3) is 11.8 Å². The fraction of sp³-hybridized carbons (Fsp3) is 0.346. The van der Waals surface area contributed by atoms with Crippen molar-refractivity contribution in [2.75, 3.05) is 6.61 Å². The number of carbonyl (C=O) groups excluding carboxylic acids is 2. The van der Waals surface area contributed by atoms with E-state index in [0.29, 0.717) is 24.4 Å². The predicted molar refractivity (Wildman–Crippen MR) is 126 cm³/mol. The van der Waals surface area contributed by atoms with Crippen molar-refractivity contribution in [3.63, 3.8) is 0 Å². The molecule has 7 nitrogen and oxygen atoms in total. The number of aromatic nitrogens is 2. The molecule has 2 amide bonds. The predicted octanol–water partition coefficient (Wildman–Crippen LogP) is 4.94. The average Bonchev–Trinajstić information content (AvgIpc) is 3.27. The minimum atomic E-state index is -4.68. The SMILES string of the molecule is CCC(NC(=O)c1cc(C(=O)NC(C)c2ccc(F)cc2)n2c1COCC2)c1cccnc1C(F)(F)F. The van der Waals surface area contributed by atoms with Crippen molar-refractivity contribution in [1.29, 1.82) is 0 Å². The van der Waals surface area contributed by atoms with Crippen LogP contribution in [0.1, 0.15) is 75.7 Å². The number of halogens is 4. The molecule has 3 heterocycles. The van der Waals surface area contributed by atoms with Crippen LogP contribution >= 0.6 is 0 Å². The number of ether oxygens (including phenoxy) is 1. The van der Waals surface area contributed by atoms with Gasteiger partial charge in [0.15, 0.2) is 0 Å². The Bertz CT molecular complexity index is 1290. The van der Waals surface area contributed by atoms with Crippen molar-refractivity contribution in [2.24, 2.45) is 0 Å². The molecule has 0 fully saturated rings. The Kier molecular flexibility index (Phi) is 7.63. The van der Waals surface area contributed by atoms with E-state index in [1.54, 1.807) is 30.5 Å². The van der Waals surface area contributed by atoms with Crippen molar-refractivity contribution < 1.29 is 31.9 Å². The number of alkyl halides is 3. The fourth-order valence-corrected chi connectivity index (χ4v) is 4.39. The number of pyridine rings is 1. The number of amides is 2. The van der Waals surface area contributed by atoms with Crippen LogP contribution in [-0.4, -0.2) is 28.0 Å². The van der Waals surface area contributed by atoms with Crippen LogP contribution in [0.4, 0.5) is 17.6 Å². The topological polar surface area (TPSA) is 85.2 Å². The van der Waals surface area contributed by atoms with Crippen LogP contribution in [0.25, 0.3) is 0 Å². The van der Waals surface area contributed by atoms with Gasteiger partial charge in [-0.25, -0.2) is 4.39 Å². The van der Waals surface area contributed by atoms with Gasteiger partial charge in [-0.2, -0.15) is 13.2 Å². The molecule has 196 valence electrons. The smallest absolute Gasteiger partial charge is 0.373 e. The maximum atomic E-state index is 13.5. The largest absolute Gasteiger partial charge is 0.433 e. The Morgan fingerprint density at radius 2 is 1.86 bits per heavy atom. The van der Waals surface area contributed by atoms with Gasteiger partial charge < -0.3 is 19.9 Å². The number of carbonyl (C=O) groups is 2. The lowest BCUT2D eigenvalue weighted by molar-refractivity contribution is -0.142. The summed E-state index contributed by atoms with van der Waals surface area (Å²) in [6.45, 7) is 4.14. The highest BCUT2D eigenvalue weighted by atomic mass is 19.4. The van der Waals surface area contributed by atoms with Gasteiger partial charge in [0, 0.05) is 18.3 Å². The maximum absolute atomic E-state index is 13.5. The van der Waals surface area contributed by atoms with Crippen LogP contribution in [0.3, 0.4) is 0 Å². The molecular formula is C26H26F4N4O3. The van der Waals surface area contributed by atoms with E-state index in [2.05, 4.69) is 15.6 Å². The van der Waals surface area contributed by atoms with Gasteiger partial charge in [-0.05, 0) is 43.2 Å². The van der Waals surface area contributed by atoms with Crippen LogP contribution in [-0.2, 0) is 24.1 Å². The minimum Gasteiger partial charge on any atom is -0.373 e. The molecule has 3 aromatic rings. The second-order valence-electron chi connectivity index (χ2n) is 8.71. The quantitative estimate of drug-likeness (QED) is 0.434. The van der Waals surface area contributed by atoms with E-state index in [1.807, 2.05) is 0 Å². The molecule has 0 spiro atoms. The van der Waals surface area contributed by atoms with Crippen molar-refractivity contribution in [2.45, 2.75) is 51.7 Å². The summed E-state index contributed by atoms with van der Waals surface area (Å²) in [6.07, 6.45) is -3.43. The van der Waals surface area contributed by atoms with Gasteiger partial charge in [-0.15, -0.1) is 0 Å². The highest BCUT2D eigenvalue weighted by Crippen LogP contribution is 2.34. The molecule has 0 aliphatic carbocycles. The first-order valence-corrected chi connectivity index (χ1v) is 11.8. The van der Waals surface area contributed by atoms with Gasteiger partial charge in [0.05, 0.1) is 36.6 Å². The number of rotatable bonds is 7. The van der Waals surface area contributed by atoms with Gasteiger partial charge in [-0.3, -0.25) is 14.6 Å². The summed E-state index contributed by atoms with van der Waals surface area (Å²) in [5.74, 6) is -1.46. The molecule has 2 aromatic heterocycles. The Morgan fingerprint density at radius 1 is 1.14 bits per heavy atom. The van der Waals surface area contributed by atoms with Crippen molar-refractivity contribution in [1.82, 2.24) is 20.2 Å².